The molecule has 0 N–H and O–H groups in total. The first kappa shape index (κ1) is 13.3. The Bertz CT molecular complexity index is 530. The van der Waals surface area contributed by atoms with Crippen LogP contribution in [-0.4, -0.2) is 10.6 Å². The van der Waals surface area contributed by atoms with Gasteiger partial charge in [-0.15, -0.1) is 0 Å². The van der Waals surface area contributed by atoms with Gasteiger partial charge in [0.05, 0.1) is 22.9 Å². The molecule has 3 nitrogen and oxygen atoms in total. The summed E-state index contributed by atoms with van der Waals surface area (Å²) < 4.78 is 5.74. The van der Waals surface area contributed by atoms with E-state index in [1.165, 1.54) is 0 Å². The van der Waals surface area contributed by atoms with Crippen molar-refractivity contribution in [1.29, 1.82) is 5.26 Å². The molecule has 0 fully saturated rings. The van der Waals surface area contributed by atoms with Crippen molar-refractivity contribution in [3.05, 3.63) is 27.5 Å². The second-order valence-electron chi connectivity index (χ2n) is 5.61. The van der Waals surface area contributed by atoms with Crippen LogP contribution in [-0.2, 0) is 17.8 Å². The minimum absolute atomic E-state index is 0.209. The predicted octanol–water partition coefficient (Wildman–Crippen LogP) is 3.58. The largest absolute Gasteiger partial charge is 0.370 e. The van der Waals surface area contributed by atoms with Crippen molar-refractivity contribution in [3.63, 3.8) is 0 Å². The molecule has 1 aliphatic rings. The second kappa shape index (κ2) is 4.53. The second-order valence-corrected chi connectivity index (χ2v) is 5.99. The highest BCUT2D eigenvalue weighted by Gasteiger charge is 2.31. The highest BCUT2D eigenvalue weighted by atomic mass is 35.5. The van der Waals surface area contributed by atoms with Crippen LogP contribution in [0.2, 0.25) is 5.02 Å². The van der Waals surface area contributed by atoms with Gasteiger partial charge in [0.15, 0.2) is 0 Å². The average Bonchev–Trinajstić information content (AvgIpc) is 2.29. The lowest BCUT2D eigenvalue weighted by atomic mass is 9.89. The molecule has 96 valence electrons. The van der Waals surface area contributed by atoms with E-state index in [-0.39, 0.29) is 11.5 Å². The van der Waals surface area contributed by atoms with E-state index < -0.39 is 0 Å². The molecule has 1 aromatic heterocycles. The van der Waals surface area contributed by atoms with Crippen molar-refractivity contribution in [2.45, 2.75) is 52.2 Å². The van der Waals surface area contributed by atoms with Crippen LogP contribution in [0, 0.1) is 11.3 Å². The van der Waals surface area contributed by atoms with Crippen LogP contribution in [0.4, 0.5) is 0 Å². The standard InChI is InChI=1S/C14H17ClN2O/c1-8(2)13-12(15)9-5-14(3,4)18-7-10(9)11(6-16)17-13/h8H,5,7H2,1-4H3. The van der Waals surface area contributed by atoms with Crippen LogP contribution in [0.5, 0.6) is 0 Å². The van der Waals surface area contributed by atoms with E-state index in [2.05, 4.69) is 11.1 Å². The first-order valence-corrected chi connectivity index (χ1v) is 6.48. The quantitative estimate of drug-likeness (QED) is 0.779. The molecule has 1 aromatic rings. The summed E-state index contributed by atoms with van der Waals surface area (Å²) in [5.41, 5.74) is 2.91. The molecule has 0 radical (unpaired) electrons. The summed E-state index contributed by atoms with van der Waals surface area (Å²) in [7, 11) is 0. The fraction of sp³-hybridized carbons (Fsp3) is 0.571. The summed E-state index contributed by atoms with van der Waals surface area (Å²) in [4.78, 5) is 4.38. The summed E-state index contributed by atoms with van der Waals surface area (Å²) >= 11 is 6.45. The maximum absolute atomic E-state index is 9.21. The highest BCUT2D eigenvalue weighted by Crippen LogP contribution is 2.37. The molecule has 0 aromatic carbocycles. The highest BCUT2D eigenvalue weighted by molar-refractivity contribution is 6.32. The zero-order chi connectivity index (χ0) is 13.5. The molecule has 0 unspecified atom stereocenters. The van der Waals surface area contributed by atoms with E-state index in [1.807, 2.05) is 27.7 Å². The predicted molar refractivity (Wildman–Crippen MR) is 70.6 cm³/mol. The zero-order valence-electron chi connectivity index (χ0n) is 11.2. The van der Waals surface area contributed by atoms with Crippen molar-refractivity contribution in [2.75, 3.05) is 0 Å². The number of halogens is 1. The molecule has 18 heavy (non-hydrogen) atoms. The lowest BCUT2D eigenvalue weighted by Gasteiger charge is -2.33. The Labute approximate surface area is 113 Å². The summed E-state index contributed by atoms with van der Waals surface area (Å²) in [6.07, 6.45) is 0.720. The third-order valence-corrected chi connectivity index (χ3v) is 3.66. The summed E-state index contributed by atoms with van der Waals surface area (Å²) in [5.74, 6) is 0.209. The third-order valence-electron chi connectivity index (χ3n) is 3.23. The van der Waals surface area contributed by atoms with Gasteiger partial charge >= 0.3 is 0 Å². The minimum Gasteiger partial charge on any atom is -0.370 e. The summed E-state index contributed by atoms with van der Waals surface area (Å²) in [5, 5.41) is 9.91. The van der Waals surface area contributed by atoms with Gasteiger partial charge in [-0.05, 0) is 25.3 Å². The number of ether oxygens (including phenoxy) is 1. The molecule has 1 aliphatic heterocycles. The van der Waals surface area contributed by atoms with Crippen LogP contribution in [0.25, 0.3) is 0 Å². The molecule has 0 amide bonds. The lowest BCUT2D eigenvalue weighted by Crippen LogP contribution is -2.33. The van der Waals surface area contributed by atoms with Crippen LogP contribution >= 0.6 is 11.6 Å². The van der Waals surface area contributed by atoms with Crippen LogP contribution in [0.3, 0.4) is 0 Å². The smallest absolute Gasteiger partial charge is 0.146 e. The van der Waals surface area contributed by atoms with E-state index in [0.29, 0.717) is 17.3 Å². The zero-order valence-corrected chi connectivity index (χ0v) is 11.9. The van der Waals surface area contributed by atoms with E-state index in [1.54, 1.807) is 0 Å². The Morgan fingerprint density at radius 1 is 1.39 bits per heavy atom. The topological polar surface area (TPSA) is 45.9 Å². The molecule has 0 atom stereocenters. The fourth-order valence-corrected chi connectivity index (χ4v) is 2.67. The minimum atomic E-state index is -0.237. The Kier molecular flexibility index (Phi) is 3.35. The van der Waals surface area contributed by atoms with E-state index in [0.717, 1.165) is 23.2 Å². The molecule has 0 spiro atoms. The molecule has 2 heterocycles. The maximum Gasteiger partial charge on any atom is 0.146 e. The number of aromatic nitrogens is 1. The Morgan fingerprint density at radius 3 is 2.61 bits per heavy atom. The van der Waals surface area contributed by atoms with Crippen LogP contribution in [0.15, 0.2) is 0 Å². The van der Waals surface area contributed by atoms with Crippen molar-refractivity contribution in [3.8, 4) is 6.07 Å². The van der Waals surface area contributed by atoms with Crippen molar-refractivity contribution >= 4 is 11.6 Å². The first-order chi connectivity index (χ1) is 8.35. The SMILES string of the molecule is CC(C)c1nc(C#N)c2c(c1Cl)CC(C)(C)OC2. The number of hydrogen-bond donors (Lipinski definition) is 0. The molecule has 4 heteroatoms. The Morgan fingerprint density at radius 2 is 2.06 bits per heavy atom. The van der Waals surface area contributed by atoms with E-state index in [4.69, 9.17) is 16.3 Å². The lowest BCUT2D eigenvalue weighted by molar-refractivity contribution is -0.0403. The van der Waals surface area contributed by atoms with Crippen molar-refractivity contribution in [1.82, 2.24) is 4.98 Å². The van der Waals surface area contributed by atoms with Gasteiger partial charge in [-0.25, -0.2) is 4.98 Å². The first-order valence-electron chi connectivity index (χ1n) is 6.11. The number of hydrogen-bond acceptors (Lipinski definition) is 3. The van der Waals surface area contributed by atoms with Crippen molar-refractivity contribution < 1.29 is 4.74 Å². The summed E-state index contributed by atoms with van der Waals surface area (Å²) in [6.45, 7) is 8.55. The van der Waals surface area contributed by atoms with Gasteiger partial charge in [0.1, 0.15) is 11.8 Å². The molecule has 0 saturated heterocycles. The Balaban J connectivity index is 2.65. The Hall–Kier alpha value is -1.11. The van der Waals surface area contributed by atoms with Gasteiger partial charge in [0.25, 0.3) is 0 Å². The maximum atomic E-state index is 9.21. The van der Waals surface area contributed by atoms with Gasteiger partial charge in [-0.1, -0.05) is 25.4 Å². The van der Waals surface area contributed by atoms with Gasteiger partial charge < -0.3 is 4.74 Å². The van der Waals surface area contributed by atoms with Crippen molar-refractivity contribution in [2.24, 2.45) is 0 Å². The van der Waals surface area contributed by atoms with Gasteiger partial charge in [0.2, 0.25) is 0 Å². The fourth-order valence-electron chi connectivity index (χ4n) is 2.23. The van der Waals surface area contributed by atoms with Crippen LogP contribution < -0.4 is 0 Å². The number of nitriles is 1. The molecule has 2 rings (SSSR count). The van der Waals surface area contributed by atoms with Crippen LogP contribution in [0.1, 0.15) is 56.1 Å². The number of fused-ring (bicyclic) bond motifs is 1. The number of rotatable bonds is 1. The normalized spacial score (nSPS) is 17.4. The number of nitrogens with zero attached hydrogens (tertiary/aromatic N) is 2. The molecule has 0 saturated carbocycles. The van der Waals surface area contributed by atoms with E-state index in [9.17, 15) is 5.26 Å². The molecular weight excluding hydrogens is 248 g/mol. The van der Waals surface area contributed by atoms with E-state index >= 15 is 0 Å². The van der Waals surface area contributed by atoms with Gasteiger partial charge in [-0.3, -0.25) is 0 Å². The molecule has 0 bridgehead atoms. The molecule has 0 aliphatic carbocycles. The number of pyridine rings is 1. The van der Waals surface area contributed by atoms with Gasteiger partial charge in [-0.2, -0.15) is 5.26 Å². The summed E-state index contributed by atoms with van der Waals surface area (Å²) in [6, 6.07) is 2.16. The average molecular weight is 265 g/mol. The third kappa shape index (κ3) is 2.23. The van der Waals surface area contributed by atoms with Gasteiger partial charge in [0, 0.05) is 12.0 Å². The monoisotopic (exact) mass is 264 g/mol. The molecular formula is C14H17ClN2O.